The second-order valence-corrected chi connectivity index (χ2v) is 7.20. The Balaban J connectivity index is 2.15. The van der Waals surface area contributed by atoms with E-state index in [9.17, 15) is 9.59 Å². The predicted molar refractivity (Wildman–Crippen MR) is 114 cm³/mol. The molecular formula is C23H29N3O3. The summed E-state index contributed by atoms with van der Waals surface area (Å²) in [6, 6.07) is 10.5. The lowest BCUT2D eigenvalue weighted by Crippen LogP contribution is -2.39. The lowest BCUT2D eigenvalue weighted by atomic mass is 10.1. The summed E-state index contributed by atoms with van der Waals surface area (Å²) >= 11 is 0. The summed E-state index contributed by atoms with van der Waals surface area (Å²) < 4.78 is 7.12. The highest BCUT2D eigenvalue weighted by Crippen LogP contribution is 2.26. The molecule has 0 fully saturated rings. The number of carbonyl (C=O) groups excluding carboxylic acids is 1. The molecule has 0 saturated heterocycles. The average molecular weight is 396 g/mol. The number of hydrogen-bond donors (Lipinski definition) is 0. The van der Waals surface area contributed by atoms with E-state index >= 15 is 0 Å². The minimum atomic E-state index is -0.303. The van der Waals surface area contributed by atoms with Gasteiger partial charge >= 0.3 is 0 Å². The Hall–Kier alpha value is -2.89. The minimum Gasteiger partial charge on any atom is -0.459 e. The number of furan rings is 1. The van der Waals surface area contributed by atoms with Crippen LogP contribution in [0, 0.1) is 0 Å². The second kappa shape index (κ2) is 9.54. The third kappa shape index (κ3) is 4.26. The molecule has 1 unspecified atom stereocenters. The number of unbranched alkanes of at least 4 members (excludes halogenated alkanes) is 1. The van der Waals surface area contributed by atoms with Gasteiger partial charge in [-0.3, -0.25) is 14.2 Å². The highest BCUT2D eigenvalue weighted by atomic mass is 16.3. The van der Waals surface area contributed by atoms with E-state index in [4.69, 9.17) is 9.40 Å². The van der Waals surface area contributed by atoms with Crippen molar-refractivity contribution in [2.24, 2.45) is 0 Å². The van der Waals surface area contributed by atoms with Crippen LogP contribution in [0.25, 0.3) is 10.9 Å². The SMILES string of the molecule is CCCCN(C(=O)c1ccco1)C(CC)c1nc2ccccc2c(=O)n1CCC. The summed E-state index contributed by atoms with van der Waals surface area (Å²) in [4.78, 5) is 33.1. The van der Waals surface area contributed by atoms with Gasteiger partial charge < -0.3 is 9.32 Å². The smallest absolute Gasteiger partial charge is 0.290 e. The quantitative estimate of drug-likeness (QED) is 0.522. The molecule has 0 N–H and O–H groups in total. The molecule has 0 radical (unpaired) electrons. The van der Waals surface area contributed by atoms with Gasteiger partial charge in [-0.15, -0.1) is 0 Å². The molecule has 1 amide bonds. The topological polar surface area (TPSA) is 68.3 Å². The van der Waals surface area contributed by atoms with Crippen molar-refractivity contribution in [2.75, 3.05) is 6.54 Å². The van der Waals surface area contributed by atoms with E-state index in [0.717, 1.165) is 19.3 Å². The van der Waals surface area contributed by atoms with Gasteiger partial charge in [0.05, 0.1) is 23.2 Å². The number of aromatic nitrogens is 2. The Kier molecular flexibility index (Phi) is 6.86. The van der Waals surface area contributed by atoms with Crippen molar-refractivity contribution in [1.82, 2.24) is 14.5 Å². The fraction of sp³-hybridized carbons (Fsp3) is 0.435. The van der Waals surface area contributed by atoms with Gasteiger partial charge in [-0.25, -0.2) is 4.98 Å². The van der Waals surface area contributed by atoms with Gasteiger partial charge in [-0.05, 0) is 43.5 Å². The van der Waals surface area contributed by atoms with Crippen molar-refractivity contribution < 1.29 is 9.21 Å². The van der Waals surface area contributed by atoms with Gasteiger partial charge in [0.2, 0.25) is 0 Å². The highest BCUT2D eigenvalue weighted by molar-refractivity contribution is 5.91. The van der Waals surface area contributed by atoms with Crippen molar-refractivity contribution in [3.63, 3.8) is 0 Å². The van der Waals surface area contributed by atoms with Crippen molar-refractivity contribution in [3.8, 4) is 0 Å². The Bertz CT molecular complexity index is 1010. The second-order valence-electron chi connectivity index (χ2n) is 7.20. The normalized spacial score (nSPS) is 12.2. The molecule has 6 nitrogen and oxygen atoms in total. The lowest BCUT2D eigenvalue weighted by molar-refractivity contribution is 0.0620. The Morgan fingerprint density at radius 2 is 1.93 bits per heavy atom. The first kappa shape index (κ1) is 20.8. The molecule has 1 aromatic carbocycles. The maximum Gasteiger partial charge on any atom is 0.290 e. The molecule has 1 atom stereocenters. The van der Waals surface area contributed by atoms with Crippen molar-refractivity contribution in [1.29, 1.82) is 0 Å². The number of fused-ring (bicyclic) bond motifs is 1. The molecule has 0 aliphatic rings. The highest BCUT2D eigenvalue weighted by Gasteiger charge is 2.29. The van der Waals surface area contributed by atoms with Crippen LogP contribution in [0.2, 0.25) is 0 Å². The first-order valence-corrected chi connectivity index (χ1v) is 10.5. The third-order valence-electron chi connectivity index (χ3n) is 5.14. The molecule has 0 saturated carbocycles. The molecule has 0 aliphatic heterocycles. The maximum absolute atomic E-state index is 13.2. The number of hydrogen-bond acceptors (Lipinski definition) is 4. The predicted octanol–water partition coefficient (Wildman–Crippen LogP) is 4.79. The molecule has 0 spiro atoms. The molecule has 0 aliphatic carbocycles. The number of benzene rings is 1. The number of amides is 1. The van der Waals surface area contributed by atoms with Crippen molar-refractivity contribution >= 4 is 16.8 Å². The van der Waals surface area contributed by atoms with E-state index in [0.29, 0.717) is 42.0 Å². The van der Waals surface area contributed by atoms with E-state index in [-0.39, 0.29) is 17.5 Å². The standard InChI is InChI=1S/C23H29N3O3/c1-4-7-15-25(23(28)20-13-10-16-29-20)19(6-3)21-24-18-12-9-8-11-17(18)22(27)26(21)14-5-2/h8-13,16,19H,4-7,14-15H2,1-3H3. The van der Waals surface area contributed by atoms with Crippen molar-refractivity contribution in [2.45, 2.75) is 59.0 Å². The molecule has 3 aromatic rings. The van der Waals surface area contributed by atoms with Crippen LogP contribution in [0.4, 0.5) is 0 Å². The number of nitrogens with zero attached hydrogens (tertiary/aromatic N) is 3. The molecule has 154 valence electrons. The monoisotopic (exact) mass is 395 g/mol. The minimum absolute atomic E-state index is 0.0493. The molecule has 2 heterocycles. The summed E-state index contributed by atoms with van der Waals surface area (Å²) in [7, 11) is 0. The summed E-state index contributed by atoms with van der Waals surface area (Å²) in [6.45, 7) is 7.31. The van der Waals surface area contributed by atoms with E-state index in [1.807, 2.05) is 43.0 Å². The van der Waals surface area contributed by atoms with Gasteiger partial charge in [-0.1, -0.05) is 39.3 Å². The van der Waals surface area contributed by atoms with E-state index in [2.05, 4.69) is 6.92 Å². The van der Waals surface area contributed by atoms with Gasteiger partial charge in [0.25, 0.3) is 11.5 Å². The molecule has 29 heavy (non-hydrogen) atoms. The van der Waals surface area contributed by atoms with Crippen LogP contribution in [-0.4, -0.2) is 26.9 Å². The Labute approximate surface area is 171 Å². The molecule has 6 heteroatoms. The van der Waals surface area contributed by atoms with Crippen LogP contribution in [-0.2, 0) is 6.54 Å². The van der Waals surface area contributed by atoms with Crippen LogP contribution in [0.15, 0.2) is 51.9 Å². The number of rotatable bonds is 9. The molecule has 0 bridgehead atoms. The van der Waals surface area contributed by atoms with Crippen molar-refractivity contribution in [3.05, 3.63) is 64.6 Å². The third-order valence-corrected chi connectivity index (χ3v) is 5.14. The van der Waals surface area contributed by atoms with Crippen LogP contribution >= 0.6 is 0 Å². The largest absolute Gasteiger partial charge is 0.459 e. The summed E-state index contributed by atoms with van der Waals surface area (Å²) in [5, 5.41) is 0.608. The van der Waals surface area contributed by atoms with E-state index in [1.54, 1.807) is 16.7 Å². The van der Waals surface area contributed by atoms with E-state index < -0.39 is 0 Å². The first-order valence-electron chi connectivity index (χ1n) is 10.5. The van der Waals surface area contributed by atoms with Gasteiger partial charge in [0.15, 0.2) is 5.76 Å². The number of para-hydroxylation sites is 1. The fourth-order valence-electron chi connectivity index (χ4n) is 3.69. The van der Waals surface area contributed by atoms with E-state index in [1.165, 1.54) is 6.26 Å². The average Bonchev–Trinajstić information content (AvgIpc) is 3.28. The van der Waals surface area contributed by atoms with Crippen LogP contribution in [0.5, 0.6) is 0 Å². The zero-order valence-electron chi connectivity index (χ0n) is 17.4. The summed E-state index contributed by atoms with van der Waals surface area (Å²) in [5.41, 5.74) is 0.617. The molecule has 2 aromatic heterocycles. The molecule has 3 rings (SSSR count). The zero-order valence-corrected chi connectivity index (χ0v) is 17.4. The fourth-order valence-corrected chi connectivity index (χ4v) is 3.69. The Morgan fingerprint density at radius 3 is 2.59 bits per heavy atom. The maximum atomic E-state index is 13.2. The van der Waals surface area contributed by atoms with Crippen LogP contribution < -0.4 is 5.56 Å². The first-order chi connectivity index (χ1) is 14.1. The van der Waals surface area contributed by atoms with Gasteiger partial charge in [0, 0.05) is 13.1 Å². The van der Waals surface area contributed by atoms with Crippen LogP contribution in [0.1, 0.15) is 68.9 Å². The molecular weight excluding hydrogens is 366 g/mol. The van der Waals surface area contributed by atoms with Gasteiger partial charge in [0.1, 0.15) is 5.82 Å². The Morgan fingerprint density at radius 1 is 1.14 bits per heavy atom. The summed E-state index contributed by atoms with van der Waals surface area (Å²) in [6.07, 6.45) is 4.81. The van der Waals surface area contributed by atoms with Gasteiger partial charge in [-0.2, -0.15) is 0 Å². The number of carbonyl (C=O) groups is 1. The van der Waals surface area contributed by atoms with Crippen LogP contribution in [0.3, 0.4) is 0 Å². The lowest BCUT2D eigenvalue weighted by Gasteiger charge is -2.31. The summed E-state index contributed by atoms with van der Waals surface area (Å²) in [5.74, 6) is 0.791. The zero-order chi connectivity index (χ0) is 20.8.